The van der Waals surface area contributed by atoms with Crippen LogP contribution >= 0.6 is 0 Å². The Hall–Kier alpha value is -3.81. The highest BCUT2D eigenvalue weighted by Gasteiger charge is 2.28. The molecule has 2 aromatic carbocycles. The van der Waals surface area contributed by atoms with Crippen molar-refractivity contribution in [3.05, 3.63) is 70.0 Å². The lowest BCUT2D eigenvalue weighted by Gasteiger charge is -2.34. The zero-order valence-electron chi connectivity index (χ0n) is 21.3. The highest BCUT2D eigenvalue weighted by molar-refractivity contribution is 6.02. The fraction of sp³-hybridized carbons (Fsp3) is 0.393. The average molecular weight is 488 g/mol. The van der Waals surface area contributed by atoms with Crippen molar-refractivity contribution in [1.82, 2.24) is 19.9 Å². The Balaban J connectivity index is 1.57. The Morgan fingerprint density at radius 3 is 2.69 bits per heavy atom. The van der Waals surface area contributed by atoms with Gasteiger partial charge in [-0.05, 0) is 57.7 Å². The number of anilines is 1. The minimum Gasteiger partial charge on any atom is -0.444 e. The van der Waals surface area contributed by atoms with E-state index >= 15 is 0 Å². The van der Waals surface area contributed by atoms with Gasteiger partial charge in [0.05, 0.1) is 12.1 Å². The van der Waals surface area contributed by atoms with E-state index in [9.17, 15) is 9.59 Å². The summed E-state index contributed by atoms with van der Waals surface area (Å²) < 4.78 is 7.50. The zero-order chi connectivity index (χ0) is 25.4. The molecule has 0 bridgehead atoms. The van der Waals surface area contributed by atoms with Crippen molar-refractivity contribution >= 4 is 34.0 Å². The van der Waals surface area contributed by atoms with Gasteiger partial charge in [0, 0.05) is 24.5 Å². The number of aromatic amines is 1. The predicted octanol–water partition coefficient (Wildman–Crippen LogP) is 4.73. The number of amides is 1. The molecule has 3 heterocycles. The number of fused-ring (bicyclic) bond motifs is 3. The van der Waals surface area contributed by atoms with Gasteiger partial charge in [-0.1, -0.05) is 42.5 Å². The molecule has 0 unspecified atom stereocenters. The van der Waals surface area contributed by atoms with Crippen LogP contribution in [-0.2, 0) is 11.3 Å². The summed E-state index contributed by atoms with van der Waals surface area (Å²) in [5.41, 5.74) is 3.61. The number of hydrogen-bond donors (Lipinski definition) is 2. The van der Waals surface area contributed by atoms with Crippen LogP contribution in [0.5, 0.6) is 0 Å². The quantitative estimate of drug-likeness (QED) is 0.434. The molecular formula is C28H33N5O3. The topological polar surface area (TPSA) is 92.2 Å². The molecule has 4 aromatic rings. The van der Waals surface area contributed by atoms with Crippen LogP contribution in [0, 0.1) is 6.92 Å². The van der Waals surface area contributed by atoms with E-state index in [0.29, 0.717) is 24.1 Å². The van der Waals surface area contributed by atoms with E-state index in [0.717, 1.165) is 47.4 Å². The highest BCUT2D eigenvalue weighted by Crippen LogP contribution is 2.29. The second-order valence-corrected chi connectivity index (χ2v) is 10.6. The van der Waals surface area contributed by atoms with Crippen molar-refractivity contribution in [2.75, 3.05) is 18.0 Å². The number of para-hydroxylation sites is 1. The molecule has 1 fully saturated rings. The molecule has 1 amide bonds. The number of H-pyrrole nitrogens is 1. The fourth-order valence-electron chi connectivity index (χ4n) is 4.94. The van der Waals surface area contributed by atoms with Crippen molar-refractivity contribution in [2.24, 2.45) is 0 Å². The first kappa shape index (κ1) is 23.9. The van der Waals surface area contributed by atoms with E-state index in [4.69, 9.17) is 9.72 Å². The summed E-state index contributed by atoms with van der Waals surface area (Å²) in [5, 5.41) is 3.93. The molecule has 0 radical (unpaired) electrons. The Labute approximate surface area is 210 Å². The summed E-state index contributed by atoms with van der Waals surface area (Å²) in [4.78, 5) is 36.0. The molecule has 1 aliphatic rings. The van der Waals surface area contributed by atoms with E-state index < -0.39 is 11.7 Å². The molecule has 36 heavy (non-hydrogen) atoms. The molecule has 1 saturated heterocycles. The van der Waals surface area contributed by atoms with Gasteiger partial charge in [-0.2, -0.15) is 0 Å². The number of aryl methyl sites for hydroxylation is 1. The maximum Gasteiger partial charge on any atom is 0.407 e. The van der Waals surface area contributed by atoms with Gasteiger partial charge >= 0.3 is 6.09 Å². The van der Waals surface area contributed by atoms with Gasteiger partial charge in [0.2, 0.25) is 5.95 Å². The standard InChI is InChI=1S/C28H33N5O3/c1-18-10-5-6-11-19(18)16-33-24-23(21-13-7-8-14-22(21)30-25(24)34)31-26(33)32-15-9-12-20(17-32)29-27(35)36-28(2,3)4/h5-8,10-11,13-14,20H,9,12,15-17H2,1-4H3,(H,29,35)(H,30,34)/t20-/m1/s1. The van der Waals surface area contributed by atoms with Crippen LogP contribution in [-0.4, -0.2) is 45.4 Å². The minimum atomic E-state index is -0.554. The fourth-order valence-corrected chi connectivity index (χ4v) is 4.94. The lowest BCUT2D eigenvalue weighted by Crippen LogP contribution is -2.49. The van der Waals surface area contributed by atoms with E-state index in [-0.39, 0.29) is 11.6 Å². The van der Waals surface area contributed by atoms with Gasteiger partial charge in [0.15, 0.2) is 0 Å². The first-order valence-electron chi connectivity index (χ1n) is 12.5. The number of hydrogen-bond acceptors (Lipinski definition) is 5. The lowest BCUT2D eigenvalue weighted by atomic mass is 10.1. The number of rotatable bonds is 4. The number of alkyl carbamates (subject to hydrolysis) is 1. The zero-order valence-corrected chi connectivity index (χ0v) is 21.3. The summed E-state index contributed by atoms with van der Waals surface area (Å²) in [6, 6.07) is 15.9. The molecular weight excluding hydrogens is 454 g/mol. The Morgan fingerprint density at radius 1 is 1.17 bits per heavy atom. The van der Waals surface area contributed by atoms with Crippen molar-refractivity contribution in [1.29, 1.82) is 0 Å². The van der Waals surface area contributed by atoms with Gasteiger partial charge in [-0.25, -0.2) is 9.78 Å². The number of imidazole rings is 1. The highest BCUT2D eigenvalue weighted by atomic mass is 16.6. The number of carbonyl (C=O) groups is 1. The Kier molecular flexibility index (Phi) is 6.20. The third-order valence-corrected chi connectivity index (χ3v) is 6.61. The van der Waals surface area contributed by atoms with Crippen LogP contribution < -0.4 is 15.8 Å². The maximum atomic E-state index is 13.3. The molecule has 8 heteroatoms. The van der Waals surface area contributed by atoms with Crippen molar-refractivity contribution in [3.63, 3.8) is 0 Å². The molecule has 2 N–H and O–H groups in total. The number of piperidine rings is 1. The van der Waals surface area contributed by atoms with Gasteiger partial charge in [0.1, 0.15) is 16.6 Å². The van der Waals surface area contributed by atoms with Crippen LogP contribution in [0.1, 0.15) is 44.7 Å². The summed E-state index contributed by atoms with van der Waals surface area (Å²) in [7, 11) is 0. The SMILES string of the molecule is Cc1ccccc1Cn1c(N2CCC[C@@H](NC(=O)OC(C)(C)C)C2)nc2c3ccccc3[nH]c(=O)c21. The van der Waals surface area contributed by atoms with E-state index in [1.807, 2.05) is 61.7 Å². The van der Waals surface area contributed by atoms with Gasteiger partial charge < -0.3 is 24.5 Å². The average Bonchev–Trinajstić information content (AvgIpc) is 3.20. The number of ether oxygens (including phenoxy) is 1. The maximum absolute atomic E-state index is 13.3. The van der Waals surface area contributed by atoms with E-state index in [1.165, 1.54) is 0 Å². The molecule has 0 spiro atoms. The normalized spacial score (nSPS) is 16.4. The van der Waals surface area contributed by atoms with Crippen LogP contribution in [0.15, 0.2) is 53.3 Å². The second kappa shape index (κ2) is 9.33. The number of pyridine rings is 1. The molecule has 0 aliphatic carbocycles. The van der Waals surface area contributed by atoms with E-state index in [2.05, 4.69) is 34.3 Å². The third-order valence-electron chi connectivity index (χ3n) is 6.61. The molecule has 0 saturated carbocycles. The van der Waals surface area contributed by atoms with Crippen LogP contribution in [0.2, 0.25) is 0 Å². The largest absolute Gasteiger partial charge is 0.444 e. The van der Waals surface area contributed by atoms with Crippen molar-refractivity contribution in [2.45, 2.75) is 58.7 Å². The third kappa shape index (κ3) is 4.80. The number of aromatic nitrogens is 3. The molecule has 5 rings (SSSR count). The summed E-state index contributed by atoms with van der Waals surface area (Å²) in [6.07, 6.45) is 1.34. The lowest BCUT2D eigenvalue weighted by molar-refractivity contribution is 0.0500. The number of nitrogens with zero attached hydrogens (tertiary/aromatic N) is 3. The van der Waals surface area contributed by atoms with E-state index in [1.54, 1.807) is 0 Å². The van der Waals surface area contributed by atoms with Gasteiger partial charge in [0.25, 0.3) is 5.56 Å². The Morgan fingerprint density at radius 2 is 1.92 bits per heavy atom. The first-order chi connectivity index (χ1) is 17.2. The number of nitrogens with one attached hydrogen (secondary N) is 2. The van der Waals surface area contributed by atoms with Gasteiger partial charge in [-0.3, -0.25) is 4.79 Å². The van der Waals surface area contributed by atoms with Crippen LogP contribution in [0.25, 0.3) is 21.9 Å². The summed E-state index contributed by atoms with van der Waals surface area (Å²) in [6.45, 7) is 9.56. The number of carbonyl (C=O) groups excluding carboxylic acids is 1. The summed E-state index contributed by atoms with van der Waals surface area (Å²) >= 11 is 0. The monoisotopic (exact) mass is 487 g/mol. The van der Waals surface area contributed by atoms with Crippen molar-refractivity contribution < 1.29 is 9.53 Å². The van der Waals surface area contributed by atoms with Crippen LogP contribution in [0.4, 0.5) is 10.7 Å². The smallest absolute Gasteiger partial charge is 0.407 e. The first-order valence-corrected chi connectivity index (χ1v) is 12.5. The molecule has 1 atom stereocenters. The molecule has 1 aliphatic heterocycles. The summed E-state index contributed by atoms with van der Waals surface area (Å²) in [5.74, 6) is 0.741. The molecule has 8 nitrogen and oxygen atoms in total. The Bertz CT molecular complexity index is 1480. The number of benzene rings is 2. The predicted molar refractivity (Wildman–Crippen MR) is 143 cm³/mol. The minimum absolute atomic E-state index is 0.0737. The second-order valence-electron chi connectivity index (χ2n) is 10.6. The molecule has 2 aromatic heterocycles. The molecule has 188 valence electrons. The van der Waals surface area contributed by atoms with Crippen molar-refractivity contribution in [3.8, 4) is 0 Å². The van der Waals surface area contributed by atoms with Crippen LogP contribution in [0.3, 0.4) is 0 Å². The van der Waals surface area contributed by atoms with Gasteiger partial charge in [-0.15, -0.1) is 0 Å².